The molecule has 0 aromatic heterocycles. The van der Waals surface area contributed by atoms with Crippen LogP contribution in [0.25, 0.3) is 0 Å². The molecule has 0 amide bonds. The average molecular weight is 210 g/mol. The number of ether oxygens (including phenoxy) is 1. The van der Waals surface area contributed by atoms with E-state index in [0.29, 0.717) is 12.6 Å². The van der Waals surface area contributed by atoms with Gasteiger partial charge in [-0.2, -0.15) is 0 Å². The molecule has 1 aliphatic heterocycles. The highest BCUT2D eigenvalue weighted by Gasteiger charge is 2.21. The first-order valence-corrected chi connectivity index (χ1v) is 4.84. The quantitative estimate of drug-likeness (QED) is 0.663. The lowest BCUT2D eigenvalue weighted by Crippen LogP contribution is -2.28. The van der Waals surface area contributed by atoms with Gasteiger partial charge in [-0.25, -0.2) is 0 Å². The van der Waals surface area contributed by atoms with Gasteiger partial charge in [0, 0.05) is 6.04 Å². The molecule has 0 aromatic rings. The Hall–Kier alpha value is 0.0800. The Morgan fingerprint density at radius 1 is 1.75 bits per heavy atom. The molecular weight excluding hydrogens is 197 g/mol. The highest BCUT2D eigenvalue weighted by Crippen LogP contribution is 2.16. The lowest BCUT2D eigenvalue weighted by atomic mass is 10.2. The van der Waals surface area contributed by atoms with Gasteiger partial charge in [-0.1, -0.05) is 11.6 Å². The Morgan fingerprint density at radius 2 is 2.50 bits per heavy atom. The van der Waals surface area contributed by atoms with E-state index in [9.17, 15) is 0 Å². The van der Waals surface area contributed by atoms with Crippen LogP contribution >= 0.6 is 23.2 Å². The van der Waals surface area contributed by atoms with Crippen LogP contribution in [0.3, 0.4) is 0 Å². The van der Waals surface area contributed by atoms with Gasteiger partial charge in [-0.15, -0.1) is 0 Å². The standard InChI is InChI=1S/C8H13Cl2NO/c1-11-4-2-3-7(11)6-12-8(10)5-9/h5,7H,2-4,6H2,1H3/b8-5-/t7-/m0/s1. The maximum atomic E-state index is 5.58. The minimum Gasteiger partial charge on any atom is -0.481 e. The molecule has 1 saturated heterocycles. The number of rotatable bonds is 3. The van der Waals surface area contributed by atoms with E-state index in [2.05, 4.69) is 11.9 Å². The van der Waals surface area contributed by atoms with Crippen LogP contribution in [0.5, 0.6) is 0 Å². The Labute approximate surface area is 83.1 Å². The third kappa shape index (κ3) is 2.85. The van der Waals surface area contributed by atoms with Crippen LogP contribution in [0, 0.1) is 0 Å². The summed E-state index contributed by atoms with van der Waals surface area (Å²) in [6.07, 6.45) is 2.43. The lowest BCUT2D eigenvalue weighted by Gasteiger charge is -2.18. The van der Waals surface area contributed by atoms with Gasteiger partial charge < -0.3 is 9.64 Å². The monoisotopic (exact) mass is 209 g/mol. The second-order valence-corrected chi connectivity index (χ2v) is 3.59. The summed E-state index contributed by atoms with van der Waals surface area (Å²) in [7, 11) is 2.10. The second kappa shape index (κ2) is 4.95. The highest BCUT2D eigenvalue weighted by atomic mass is 35.5. The number of nitrogens with zero attached hydrogens (tertiary/aromatic N) is 1. The number of likely N-dealkylation sites (N-methyl/N-ethyl adjacent to an activating group) is 1. The summed E-state index contributed by atoms with van der Waals surface area (Å²) in [6.45, 7) is 1.79. The van der Waals surface area contributed by atoms with Crippen LogP contribution in [0.15, 0.2) is 10.8 Å². The molecule has 0 unspecified atom stereocenters. The molecule has 0 radical (unpaired) electrons. The van der Waals surface area contributed by atoms with Crippen LogP contribution in [0.1, 0.15) is 12.8 Å². The average Bonchev–Trinajstić information content (AvgIpc) is 2.47. The van der Waals surface area contributed by atoms with E-state index in [1.165, 1.54) is 18.4 Å². The predicted octanol–water partition coefficient (Wildman–Crippen LogP) is 2.37. The maximum absolute atomic E-state index is 5.58. The van der Waals surface area contributed by atoms with Crippen molar-refractivity contribution in [3.05, 3.63) is 10.8 Å². The molecule has 0 aromatic carbocycles. The van der Waals surface area contributed by atoms with Gasteiger partial charge in [0.2, 0.25) is 0 Å². The van der Waals surface area contributed by atoms with Gasteiger partial charge in [0.25, 0.3) is 0 Å². The summed E-state index contributed by atoms with van der Waals surface area (Å²) in [5, 5.41) is 0.275. The van der Waals surface area contributed by atoms with Crippen LogP contribution < -0.4 is 0 Å². The Kier molecular flexibility index (Phi) is 4.19. The van der Waals surface area contributed by atoms with Crippen molar-refractivity contribution in [2.75, 3.05) is 20.2 Å². The fourth-order valence-corrected chi connectivity index (χ4v) is 1.52. The molecule has 1 atom stereocenters. The van der Waals surface area contributed by atoms with Crippen LogP contribution in [0.2, 0.25) is 0 Å². The van der Waals surface area contributed by atoms with Gasteiger partial charge in [0.1, 0.15) is 6.61 Å². The third-order valence-corrected chi connectivity index (χ3v) is 2.70. The summed E-state index contributed by atoms with van der Waals surface area (Å²) < 4.78 is 5.20. The summed E-state index contributed by atoms with van der Waals surface area (Å²) in [6, 6.07) is 0.496. The number of halogens is 2. The normalized spacial score (nSPS) is 26.2. The Balaban J connectivity index is 2.22. The minimum absolute atomic E-state index is 0.275. The molecule has 0 saturated carbocycles. The highest BCUT2D eigenvalue weighted by molar-refractivity contribution is 6.35. The molecule has 0 aliphatic carbocycles. The van der Waals surface area contributed by atoms with Crippen molar-refractivity contribution in [1.29, 1.82) is 0 Å². The van der Waals surface area contributed by atoms with Crippen molar-refractivity contribution in [2.24, 2.45) is 0 Å². The van der Waals surface area contributed by atoms with Gasteiger partial charge in [0.15, 0.2) is 5.22 Å². The number of likely N-dealkylation sites (tertiary alicyclic amines) is 1. The third-order valence-electron chi connectivity index (χ3n) is 2.17. The first-order valence-electron chi connectivity index (χ1n) is 4.03. The van der Waals surface area contributed by atoms with Crippen LogP contribution in [0.4, 0.5) is 0 Å². The van der Waals surface area contributed by atoms with Gasteiger partial charge in [-0.05, 0) is 38.0 Å². The molecule has 0 N–H and O–H groups in total. The molecule has 1 aliphatic rings. The summed E-state index contributed by atoms with van der Waals surface area (Å²) in [4.78, 5) is 2.28. The number of hydrogen-bond donors (Lipinski definition) is 0. The summed E-state index contributed by atoms with van der Waals surface area (Å²) in [5.74, 6) is 0. The minimum atomic E-state index is 0.275. The molecule has 0 bridgehead atoms. The molecule has 1 fully saturated rings. The summed E-state index contributed by atoms with van der Waals surface area (Å²) in [5.41, 5.74) is 1.25. The van der Waals surface area contributed by atoms with Crippen molar-refractivity contribution in [1.82, 2.24) is 4.90 Å². The zero-order valence-electron chi connectivity index (χ0n) is 7.09. The van der Waals surface area contributed by atoms with Crippen molar-refractivity contribution in [2.45, 2.75) is 18.9 Å². The molecule has 1 rings (SSSR count). The first-order chi connectivity index (χ1) is 5.74. The molecular formula is C8H13Cl2NO. The zero-order valence-corrected chi connectivity index (χ0v) is 8.61. The van der Waals surface area contributed by atoms with E-state index in [1.807, 2.05) is 0 Å². The molecule has 4 heteroatoms. The van der Waals surface area contributed by atoms with E-state index in [4.69, 9.17) is 27.9 Å². The van der Waals surface area contributed by atoms with Gasteiger partial charge in [-0.3, -0.25) is 0 Å². The molecule has 1 heterocycles. The van der Waals surface area contributed by atoms with E-state index in [-0.39, 0.29) is 5.22 Å². The van der Waals surface area contributed by atoms with Crippen molar-refractivity contribution in [3.63, 3.8) is 0 Å². The van der Waals surface area contributed by atoms with Crippen molar-refractivity contribution in [3.8, 4) is 0 Å². The molecule has 2 nitrogen and oxygen atoms in total. The van der Waals surface area contributed by atoms with Crippen molar-refractivity contribution < 1.29 is 4.74 Å². The van der Waals surface area contributed by atoms with E-state index >= 15 is 0 Å². The largest absolute Gasteiger partial charge is 0.481 e. The molecule has 0 spiro atoms. The van der Waals surface area contributed by atoms with E-state index in [1.54, 1.807) is 0 Å². The lowest BCUT2D eigenvalue weighted by molar-refractivity contribution is 0.153. The van der Waals surface area contributed by atoms with E-state index < -0.39 is 0 Å². The Morgan fingerprint density at radius 3 is 3.00 bits per heavy atom. The summed E-state index contributed by atoms with van der Waals surface area (Å²) >= 11 is 10.9. The fourth-order valence-electron chi connectivity index (χ4n) is 1.40. The number of hydrogen-bond acceptors (Lipinski definition) is 2. The van der Waals surface area contributed by atoms with Crippen molar-refractivity contribution >= 4 is 23.2 Å². The smallest absolute Gasteiger partial charge is 0.198 e. The first kappa shape index (κ1) is 10.2. The van der Waals surface area contributed by atoms with E-state index in [0.717, 1.165) is 6.54 Å². The second-order valence-electron chi connectivity index (χ2n) is 3.00. The Bertz CT molecular complexity index is 172. The zero-order chi connectivity index (χ0) is 8.97. The predicted molar refractivity (Wildman–Crippen MR) is 51.4 cm³/mol. The SMILES string of the molecule is CN1CCC[C@H]1CO/C(Cl)=C\Cl. The van der Waals surface area contributed by atoms with Gasteiger partial charge in [0.05, 0.1) is 5.54 Å². The maximum Gasteiger partial charge on any atom is 0.198 e. The molecule has 70 valence electrons. The van der Waals surface area contributed by atoms with Gasteiger partial charge >= 0.3 is 0 Å². The molecule has 12 heavy (non-hydrogen) atoms. The van der Waals surface area contributed by atoms with Crippen LogP contribution in [-0.4, -0.2) is 31.1 Å². The topological polar surface area (TPSA) is 12.5 Å². The fraction of sp³-hybridized carbons (Fsp3) is 0.750. The van der Waals surface area contributed by atoms with Crippen LogP contribution in [-0.2, 0) is 4.74 Å².